The van der Waals surface area contributed by atoms with Crippen LogP contribution in [0.1, 0.15) is 25.0 Å². The van der Waals surface area contributed by atoms with Crippen molar-refractivity contribution in [2.24, 2.45) is 0 Å². The van der Waals surface area contributed by atoms with E-state index in [0.29, 0.717) is 5.57 Å². The third-order valence-corrected chi connectivity index (χ3v) is 4.13. The number of allylic oxidation sites excluding steroid dienone is 1. The number of rotatable bonds is 6. The van der Waals surface area contributed by atoms with Gasteiger partial charge in [0.2, 0.25) is 0 Å². The van der Waals surface area contributed by atoms with Crippen molar-refractivity contribution in [1.29, 1.82) is 0 Å². The van der Waals surface area contributed by atoms with E-state index in [1.165, 1.54) is 0 Å². The van der Waals surface area contributed by atoms with E-state index < -0.39 is 5.41 Å². The SMILES string of the molecule is CC=C(C)C(=O)OCC(CO)(c1ccccc1)c1ccccc1. The Hall–Kier alpha value is -2.39. The Kier molecular flexibility index (Phi) is 5.72. The first-order chi connectivity index (χ1) is 11.1. The van der Waals surface area contributed by atoms with Gasteiger partial charge in [-0.1, -0.05) is 66.7 Å². The van der Waals surface area contributed by atoms with Crippen molar-refractivity contribution in [3.8, 4) is 0 Å². The molecule has 0 aromatic heterocycles. The molecule has 2 aromatic rings. The topological polar surface area (TPSA) is 46.5 Å². The fraction of sp³-hybridized carbons (Fsp3) is 0.250. The highest BCUT2D eigenvalue weighted by Crippen LogP contribution is 2.32. The van der Waals surface area contributed by atoms with Crippen LogP contribution in [-0.4, -0.2) is 24.3 Å². The van der Waals surface area contributed by atoms with E-state index in [0.717, 1.165) is 11.1 Å². The Labute approximate surface area is 137 Å². The van der Waals surface area contributed by atoms with Gasteiger partial charge < -0.3 is 9.84 Å². The van der Waals surface area contributed by atoms with Crippen LogP contribution in [0.2, 0.25) is 0 Å². The molecule has 0 atom stereocenters. The molecule has 120 valence electrons. The molecule has 0 bridgehead atoms. The maximum absolute atomic E-state index is 12.0. The summed E-state index contributed by atoms with van der Waals surface area (Å²) in [5.41, 5.74) is 1.61. The van der Waals surface area contributed by atoms with Crippen molar-refractivity contribution < 1.29 is 14.6 Å². The second-order valence-electron chi connectivity index (χ2n) is 5.52. The molecule has 0 unspecified atom stereocenters. The number of hydrogen-bond acceptors (Lipinski definition) is 3. The molecule has 0 fully saturated rings. The maximum Gasteiger partial charge on any atom is 0.333 e. The highest BCUT2D eigenvalue weighted by molar-refractivity contribution is 5.87. The van der Waals surface area contributed by atoms with Gasteiger partial charge in [0.25, 0.3) is 0 Å². The molecule has 0 spiro atoms. The monoisotopic (exact) mass is 310 g/mol. The molecule has 0 aliphatic carbocycles. The van der Waals surface area contributed by atoms with E-state index in [4.69, 9.17) is 4.74 Å². The molecule has 0 aliphatic rings. The number of benzene rings is 2. The van der Waals surface area contributed by atoms with Gasteiger partial charge in [-0.15, -0.1) is 0 Å². The van der Waals surface area contributed by atoms with Crippen molar-refractivity contribution in [3.63, 3.8) is 0 Å². The van der Waals surface area contributed by atoms with Crippen molar-refractivity contribution >= 4 is 5.97 Å². The molecule has 2 aromatic carbocycles. The molecule has 0 radical (unpaired) electrons. The van der Waals surface area contributed by atoms with E-state index in [1.807, 2.05) is 60.7 Å². The first-order valence-electron chi connectivity index (χ1n) is 7.66. The van der Waals surface area contributed by atoms with Gasteiger partial charge in [0.15, 0.2) is 0 Å². The summed E-state index contributed by atoms with van der Waals surface area (Å²) in [4.78, 5) is 12.0. The molecule has 23 heavy (non-hydrogen) atoms. The normalized spacial score (nSPS) is 12.0. The second kappa shape index (κ2) is 7.75. The Morgan fingerprint density at radius 2 is 1.52 bits per heavy atom. The number of aliphatic hydroxyl groups is 1. The van der Waals surface area contributed by atoms with Crippen LogP contribution < -0.4 is 0 Å². The van der Waals surface area contributed by atoms with Gasteiger partial charge in [-0.05, 0) is 25.0 Å². The van der Waals surface area contributed by atoms with Crippen LogP contribution in [0.3, 0.4) is 0 Å². The summed E-state index contributed by atoms with van der Waals surface area (Å²) < 4.78 is 5.49. The van der Waals surface area contributed by atoms with E-state index in [2.05, 4.69) is 0 Å². The highest BCUT2D eigenvalue weighted by Gasteiger charge is 2.35. The maximum atomic E-state index is 12.0. The molecule has 0 heterocycles. The Morgan fingerprint density at radius 3 is 1.91 bits per heavy atom. The summed E-state index contributed by atoms with van der Waals surface area (Å²) in [6.07, 6.45) is 1.72. The molecule has 0 saturated carbocycles. The predicted molar refractivity (Wildman–Crippen MR) is 91.1 cm³/mol. The van der Waals surface area contributed by atoms with Crippen LogP contribution in [0.25, 0.3) is 0 Å². The van der Waals surface area contributed by atoms with Crippen LogP contribution >= 0.6 is 0 Å². The minimum absolute atomic E-state index is 0.0849. The largest absolute Gasteiger partial charge is 0.461 e. The van der Waals surface area contributed by atoms with Crippen molar-refractivity contribution in [1.82, 2.24) is 0 Å². The molecule has 0 saturated heterocycles. The lowest BCUT2D eigenvalue weighted by molar-refractivity contribution is -0.140. The van der Waals surface area contributed by atoms with Crippen LogP contribution in [-0.2, 0) is 14.9 Å². The zero-order valence-electron chi connectivity index (χ0n) is 13.5. The van der Waals surface area contributed by atoms with E-state index in [9.17, 15) is 9.90 Å². The average Bonchev–Trinajstić information content (AvgIpc) is 2.63. The molecular weight excluding hydrogens is 288 g/mol. The Bertz CT molecular complexity index is 620. The van der Waals surface area contributed by atoms with Gasteiger partial charge in [0, 0.05) is 5.57 Å². The van der Waals surface area contributed by atoms with Gasteiger partial charge in [0.05, 0.1) is 12.0 Å². The van der Waals surface area contributed by atoms with Gasteiger partial charge >= 0.3 is 5.97 Å². The number of esters is 1. The van der Waals surface area contributed by atoms with Crippen molar-refractivity contribution in [3.05, 3.63) is 83.4 Å². The molecule has 2 rings (SSSR count). The van der Waals surface area contributed by atoms with Crippen LogP contribution in [0.15, 0.2) is 72.3 Å². The molecule has 3 heteroatoms. The van der Waals surface area contributed by atoms with Gasteiger partial charge in [0.1, 0.15) is 6.61 Å². The van der Waals surface area contributed by atoms with Gasteiger partial charge in [-0.3, -0.25) is 0 Å². The summed E-state index contributed by atoms with van der Waals surface area (Å²) in [7, 11) is 0. The fourth-order valence-electron chi connectivity index (χ4n) is 2.50. The van der Waals surface area contributed by atoms with E-state index >= 15 is 0 Å². The molecular formula is C20H22O3. The van der Waals surface area contributed by atoms with Crippen molar-refractivity contribution in [2.45, 2.75) is 19.3 Å². The summed E-state index contributed by atoms with van der Waals surface area (Å²) in [5.74, 6) is -0.364. The molecule has 1 N–H and O–H groups in total. The molecule has 0 amide bonds. The Morgan fingerprint density at radius 1 is 1.04 bits per heavy atom. The van der Waals surface area contributed by atoms with Gasteiger partial charge in [-0.2, -0.15) is 0 Å². The third kappa shape index (κ3) is 3.69. The number of carbonyl (C=O) groups excluding carboxylic acids is 1. The average molecular weight is 310 g/mol. The van der Waals surface area contributed by atoms with E-state index in [1.54, 1.807) is 19.9 Å². The quantitative estimate of drug-likeness (QED) is 0.656. The third-order valence-electron chi connectivity index (χ3n) is 4.13. The highest BCUT2D eigenvalue weighted by atomic mass is 16.5. The molecule has 0 aliphatic heterocycles. The Balaban J connectivity index is 2.41. The minimum Gasteiger partial charge on any atom is -0.461 e. The second-order valence-corrected chi connectivity index (χ2v) is 5.52. The lowest BCUT2D eigenvalue weighted by atomic mass is 9.76. The van der Waals surface area contributed by atoms with E-state index in [-0.39, 0.29) is 19.2 Å². The van der Waals surface area contributed by atoms with Crippen molar-refractivity contribution in [2.75, 3.05) is 13.2 Å². The first-order valence-corrected chi connectivity index (χ1v) is 7.66. The lowest BCUT2D eigenvalue weighted by Gasteiger charge is -2.32. The summed E-state index contributed by atoms with van der Waals surface area (Å²) in [6.45, 7) is 3.45. The number of hydrogen-bond donors (Lipinski definition) is 1. The summed E-state index contributed by atoms with van der Waals surface area (Å²) in [6, 6.07) is 19.3. The standard InChI is InChI=1S/C20H22O3/c1-3-16(2)19(22)23-15-20(14-21,17-10-6-4-7-11-17)18-12-8-5-9-13-18/h3-13,21H,14-15H2,1-2H3. The first kappa shape index (κ1) is 17.0. The molecule has 3 nitrogen and oxygen atoms in total. The number of aliphatic hydroxyl groups excluding tert-OH is 1. The van der Waals surface area contributed by atoms with Gasteiger partial charge in [-0.25, -0.2) is 4.79 Å². The summed E-state index contributed by atoms with van der Waals surface area (Å²) >= 11 is 0. The predicted octanol–water partition coefficient (Wildman–Crippen LogP) is 3.47. The minimum atomic E-state index is -0.772. The number of carbonyl (C=O) groups is 1. The number of ether oxygens (including phenoxy) is 1. The zero-order chi connectivity index (χ0) is 16.7. The van der Waals surface area contributed by atoms with Crippen LogP contribution in [0.4, 0.5) is 0 Å². The summed E-state index contributed by atoms with van der Waals surface area (Å²) in [5, 5.41) is 10.2. The zero-order valence-corrected chi connectivity index (χ0v) is 13.5. The van der Waals surface area contributed by atoms with Crippen LogP contribution in [0, 0.1) is 0 Å². The lowest BCUT2D eigenvalue weighted by Crippen LogP contribution is -2.38. The smallest absolute Gasteiger partial charge is 0.333 e. The fourth-order valence-corrected chi connectivity index (χ4v) is 2.50. The van der Waals surface area contributed by atoms with Crippen LogP contribution in [0.5, 0.6) is 0 Å².